The van der Waals surface area contributed by atoms with Crippen molar-refractivity contribution in [2.75, 3.05) is 12.4 Å². The Hall–Kier alpha value is -2.34. The van der Waals surface area contributed by atoms with Crippen molar-refractivity contribution in [3.05, 3.63) is 60.2 Å². The summed E-state index contributed by atoms with van der Waals surface area (Å²) in [6.45, 7) is -0.0787. The Kier molecular flexibility index (Phi) is 4.59. The van der Waals surface area contributed by atoms with Crippen LogP contribution in [0, 0.1) is 0 Å². The first-order chi connectivity index (χ1) is 10.0. The van der Waals surface area contributed by atoms with Crippen LogP contribution in [0.4, 0.5) is 10.5 Å². The molecule has 0 heterocycles. The van der Waals surface area contributed by atoms with Gasteiger partial charge in [-0.1, -0.05) is 36.4 Å². The summed E-state index contributed by atoms with van der Waals surface area (Å²) in [5, 5.41) is 1.57. The number of rotatable bonds is 4. The Bertz CT molecular complexity index is 726. The van der Waals surface area contributed by atoms with E-state index in [1.807, 2.05) is 6.07 Å². The molecule has 6 heteroatoms. The van der Waals surface area contributed by atoms with E-state index in [-0.39, 0.29) is 11.5 Å². The number of benzene rings is 2. The van der Waals surface area contributed by atoms with Gasteiger partial charge in [0, 0.05) is 12.7 Å². The summed E-state index contributed by atoms with van der Waals surface area (Å²) in [5.74, 6) is 0. The molecule has 0 aromatic heterocycles. The Labute approximate surface area is 123 Å². The van der Waals surface area contributed by atoms with Crippen LogP contribution < -0.4 is 5.32 Å². The second kappa shape index (κ2) is 6.41. The fourth-order valence-electron chi connectivity index (χ4n) is 1.71. The maximum atomic E-state index is 12.1. The van der Waals surface area contributed by atoms with E-state index in [0.717, 1.165) is 5.56 Å². The third-order valence-corrected chi connectivity index (χ3v) is 4.28. The topological polar surface area (TPSA) is 72.5 Å². The second-order valence-corrected chi connectivity index (χ2v) is 6.12. The molecule has 0 unspecified atom stereocenters. The Morgan fingerprint density at radius 3 is 2.48 bits per heavy atom. The third-order valence-electron chi connectivity index (χ3n) is 2.85. The van der Waals surface area contributed by atoms with Crippen LogP contribution in [0.3, 0.4) is 0 Å². The van der Waals surface area contributed by atoms with E-state index in [4.69, 9.17) is 4.74 Å². The molecule has 0 saturated heterocycles. The predicted molar refractivity (Wildman–Crippen MR) is 79.8 cm³/mol. The van der Waals surface area contributed by atoms with E-state index in [0.29, 0.717) is 5.69 Å². The predicted octanol–water partition coefficient (Wildman–Crippen LogP) is 2.84. The minimum atomic E-state index is -4.14. The van der Waals surface area contributed by atoms with Crippen LogP contribution in [-0.4, -0.2) is 20.8 Å². The summed E-state index contributed by atoms with van der Waals surface area (Å²) >= 11 is 0. The van der Waals surface area contributed by atoms with Gasteiger partial charge in [0.05, 0.1) is 4.90 Å². The molecule has 0 aliphatic heterocycles. The third kappa shape index (κ3) is 3.61. The van der Waals surface area contributed by atoms with E-state index in [1.54, 1.807) is 43.4 Å². The van der Waals surface area contributed by atoms with Crippen molar-refractivity contribution in [3.63, 3.8) is 0 Å². The number of sulfone groups is 1. The van der Waals surface area contributed by atoms with Crippen molar-refractivity contribution in [1.29, 1.82) is 0 Å². The second-order valence-electron chi connectivity index (χ2n) is 4.31. The van der Waals surface area contributed by atoms with Gasteiger partial charge in [0.2, 0.25) is 0 Å². The van der Waals surface area contributed by atoms with Crippen molar-refractivity contribution in [2.45, 2.75) is 11.5 Å². The maximum Gasteiger partial charge on any atom is 0.429 e. The van der Waals surface area contributed by atoms with E-state index in [2.05, 4.69) is 5.32 Å². The van der Waals surface area contributed by atoms with E-state index < -0.39 is 15.1 Å². The average molecular weight is 305 g/mol. The number of anilines is 1. The molecule has 0 bridgehead atoms. The van der Waals surface area contributed by atoms with Crippen molar-refractivity contribution in [2.24, 2.45) is 0 Å². The van der Waals surface area contributed by atoms with Gasteiger partial charge < -0.3 is 10.1 Å². The van der Waals surface area contributed by atoms with Gasteiger partial charge in [0.15, 0.2) is 0 Å². The lowest BCUT2D eigenvalue weighted by atomic mass is 10.2. The molecule has 0 aliphatic carbocycles. The lowest BCUT2D eigenvalue weighted by molar-refractivity contribution is 0.166. The Morgan fingerprint density at radius 1 is 1.10 bits per heavy atom. The molecule has 5 nitrogen and oxygen atoms in total. The largest absolute Gasteiger partial charge is 0.449 e. The van der Waals surface area contributed by atoms with Crippen LogP contribution in [0.2, 0.25) is 0 Å². The monoisotopic (exact) mass is 305 g/mol. The average Bonchev–Trinajstić information content (AvgIpc) is 2.53. The van der Waals surface area contributed by atoms with Crippen molar-refractivity contribution >= 4 is 20.8 Å². The first-order valence-corrected chi connectivity index (χ1v) is 7.76. The molecule has 2 aromatic rings. The van der Waals surface area contributed by atoms with Gasteiger partial charge in [-0.25, -0.2) is 13.2 Å². The van der Waals surface area contributed by atoms with Gasteiger partial charge in [-0.3, -0.25) is 0 Å². The van der Waals surface area contributed by atoms with Crippen LogP contribution >= 0.6 is 0 Å². The van der Waals surface area contributed by atoms with Gasteiger partial charge in [0.1, 0.15) is 6.61 Å². The SMILES string of the molecule is CNc1cccc(S(=O)(=O)C(=O)OCc2ccccc2)c1. The molecule has 2 aromatic carbocycles. The molecule has 1 N–H and O–H groups in total. The smallest absolute Gasteiger partial charge is 0.429 e. The molecule has 110 valence electrons. The van der Waals surface area contributed by atoms with Crippen LogP contribution in [0.1, 0.15) is 5.56 Å². The van der Waals surface area contributed by atoms with Gasteiger partial charge in [-0.15, -0.1) is 0 Å². The highest BCUT2D eigenvalue weighted by Gasteiger charge is 2.26. The first-order valence-electron chi connectivity index (χ1n) is 6.27. The number of nitrogens with one attached hydrogen (secondary N) is 1. The molecule has 0 fully saturated rings. The highest BCUT2D eigenvalue weighted by atomic mass is 32.2. The summed E-state index contributed by atoms with van der Waals surface area (Å²) in [4.78, 5) is 11.7. The van der Waals surface area contributed by atoms with Crippen molar-refractivity contribution in [1.82, 2.24) is 0 Å². The molecule has 21 heavy (non-hydrogen) atoms. The summed E-state index contributed by atoms with van der Waals surface area (Å²) in [7, 11) is -2.48. The number of carbonyl (C=O) groups is 1. The van der Waals surface area contributed by atoms with Gasteiger partial charge in [-0.2, -0.15) is 0 Å². The maximum absolute atomic E-state index is 12.1. The van der Waals surface area contributed by atoms with E-state index in [9.17, 15) is 13.2 Å². The molecule has 0 saturated carbocycles. The van der Waals surface area contributed by atoms with Gasteiger partial charge >= 0.3 is 5.30 Å². The normalized spacial score (nSPS) is 10.9. The van der Waals surface area contributed by atoms with Crippen molar-refractivity contribution < 1.29 is 17.9 Å². The zero-order valence-corrected chi connectivity index (χ0v) is 12.3. The molecular formula is C15H15NO4S. The summed E-state index contributed by atoms with van der Waals surface area (Å²) in [6.07, 6.45) is 0. The number of hydrogen-bond donors (Lipinski definition) is 1. The number of ether oxygens (including phenoxy) is 1. The first kappa shape index (κ1) is 15.1. The van der Waals surface area contributed by atoms with Gasteiger partial charge in [0.25, 0.3) is 9.84 Å². The zero-order chi connectivity index (χ0) is 15.3. The molecule has 0 radical (unpaired) electrons. The highest BCUT2D eigenvalue weighted by molar-refractivity contribution is 8.05. The van der Waals surface area contributed by atoms with Crippen LogP contribution in [0.5, 0.6) is 0 Å². The Balaban J connectivity index is 2.13. The molecule has 0 amide bonds. The highest BCUT2D eigenvalue weighted by Crippen LogP contribution is 2.18. The lowest BCUT2D eigenvalue weighted by Crippen LogP contribution is -2.16. The molecule has 0 spiro atoms. The molecule has 0 aliphatic rings. The van der Waals surface area contributed by atoms with Gasteiger partial charge in [-0.05, 0) is 23.8 Å². The van der Waals surface area contributed by atoms with E-state index in [1.165, 1.54) is 12.1 Å². The zero-order valence-electron chi connectivity index (χ0n) is 11.4. The summed E-state index contributed by atoms with van der Waals surface area (Å²) < 4.78 is 29.1. The van der Waals surface area contributed by atoms with Crippen LogP contribution in [-0.2, 0) is 21.2 Å². The standard InChI is InChI=1S/C15H15NO4S/c1-16-13-8-5-9-14(10-13)21(18,19)15(17)20-11-12-6-3-2-4-7-12/h2-10,16H,11H2,1H3. The quantitative estimate of drug-likeness (QED) is 0.879. The fourth-order valence-corrected chi connectivity index (χ4v) is 2.66. The minimum absolute atomic E-state index is 0.0787. The lowest BCUT2D eigenvalue weighted by Gasteiger charge is -2.07. The molecular weight excluding hydrogens is 290 g/mol. The summed E-state index contributed by atoms with van der Waals surface area (Å²) in [5.41, 5.74) is 1.33. The number of carbonyl (C=O) groups excluding carboxylic acids is 1. The Morgan fingerprint density at radius 2 is 1.81 bits per heavy atom. The summed E-state index contributed by atoms with van der Waals surface area (Å²) in [6, 6.07) is 14.9. The number of hydrogen-bond acceptors (Lipinski definition) is 5. The minimum Gasteiger partial charge on any atom is -0.449 e. The molecule has 2 rings (SSSR count). The van der Waals surface area contributed by atoms with Crippen molar-refractivity contribution in [3.8, 4) is 0 Å². The molecule has 0 atom stereocenters. The fraction of sp³-hybridized carbons (Fsp3) is 0.133. The van der Waals surface area contributed by atoms with E-state index >= 15 is 0 Å². The van der Waals surface area contributed by atoms with Crippen LogP contribution in [0.15, 0.2) is 59.5 Å². The van der Waals surface area contributed by atoms with Crippen LogP contribution in [0.25, 0.3) is 0 Å².